The van der Waals surface area contributed by atoms with Crippen molar-refractivity contribution < 1.29 is 0 Å². The summed E-state index contributed by atoms with van der Waals surface area (Å²) < 4.78 is 1.01. The lowest BCUT2D eigenvalue weighted by molar-refractivity contribution is 0.645. The fraction of sp³-hybridized carbons (Fsp3) is 0.267. The summed E-state index contributed by atoms with van der Waals surface area (Å²) in [7, 11) is 0. The maximum atomic E-state index is 4.45. The number of aromatic nitrogens is 1. The van der Waals surface area contributed by atoms with E-state index in [0.717, 1.165) is 35.4 Å². The number of hydrogen-bond acceptors (Lipinski definition) is 3. The third kappa shape index (κ3) is 2.65. The van der Waals surface area contributed by atoms with E-state index in [-0.39, 0.29) is 0 Å². The minimum Gasteiger partial charge on any atom is -0.340 e. The molecule has 98 valence electrons. The average molecular weight is 318 g/mol. The maximum Gasteiger partial charge on any atom is 0.133 e. The van der Waals surface area contributed by atoms with Crippen molar-refractivity contribution >= 4 is 27.4 Å². The van der Waals surface area contributed by atoms with Gasteiger partial charge in [0.15, 0.2) is 0 Å². The molecule has 0 fully saturated rings. The van der Waals surface area contributed by atoms with E-state index in [9.17, 15) is 0 Å². The number of fused-ring (bicyclic) bond motifs is 1. The Balaban J connectivity index is 1.95. The van der Waals surface area contributed by atoms with E-state index in [0.29, 0.717) is 0 Å². The van der Waals surface area contributed by atoms with E-state index in [1.54, 1.807) is 0 Å². The molecular weight excluding hydrogens is 302 g/mol. The maximum absolute atomic E-state index is 4.45. The lowest BCUT2D eigenvalue weighted by atomic mass is 9.99. The van der Waals surface area contributed by atoms with Crippen LogP contribution in [-0.4, -0.2) is 11.5 Å². The number of anilines is 2. The number of hydrogen-bond donors (Lipinski definition) is 2. The van der Waals surface area contributed by atoms with Crippen LogP contribution in [0.2, 0.25) is 0 Å². The molecule has 1 aliphatic rings. The van der Waals surface area contributed by atoms with Crippen molar-refractivity contribution in [2.45, 2.75) is 19.9 Å². The smallest absolute Gasteiger partial charge is 0.133 e. The van der Waals surface area contributed by atoms with Crippen LogP contribution in [0.4, 0.5) is 11.5 Å². The van der Waals surface area contributed by atoms with Crippen molar-refractivity contribution in [3.63, 3.8) is 0 Å². The molecule has 0 spiro atoms. The van der Waals surface area contributed by atoms with Gasteiger partial charge in [-0.25, -0.2) is 4.98 Å². The van der Waals surface area contributed by atoms with Crippen LogP contribution in [0, 0.1) is 6.92 Å². The summed E-state index contributed by atoms with van der Waals surface area (Å²) in [6.07, 6.45) is 2.89. The predicted octanol–water partition coefficient (Wildman–Crippen LogP) is 3.54. The fourth-order valence-electron chi connectivity index (χ4n) is 2.45. The Kier molecular flexibility index (Phi) is 3.53. The minimum atomic E-state index is 0.926. The molecule has 0 unspecified atom stereocenters. The van der Waals surface area contributed by atoms with Crippen LogP contribution >= 0.6 is 15.9 Å². The van der Waals surface area contributed by atoms with Gasteiger partial charge < -0.3 is 10.6 Å². The zero-order chi connectivity index (χ0) is 13.2. The van der Waals surface area contributed by atoms with Crippen LogP contribution in [0.3, 0.4) is 0 Å². The van der Waals surface area contributed by atoms with Crippen molar-refractivity contribution in [2.75, 3.05) is 11.9 Å². The standard InChI is InChI=1S/C15H16BrN3/c1-10-7-12(16)9-18-15(10)19-14-4-2-3-11-8-17-6-5-13(11)14/h2-4,7,9,17H,5-6,8H2,1H3,(H,18,19). The third-order valence-corrected chi connectivity index (χ3v) is 3.87. The first-order chi connectivity index (χ1) is 9.24. The zero-order valence-corrected chi connectivity index (χ0v) is 12.4. The molecule has 1 aromatic carbocycles. The van der Waals surface area contributed by atoms with Crippen molar-refractivity contribution in [3.05, 3.63) is 51.6 Å². The van der Waals surface area contributed by atoms with Gasteiger partial charge in [-0.2, -0.15) is 0 Å². The molecule has 4 heteroatoms. The van der Waals surface area contributed by atoms with Crippen LogP contribution in [0.25, 0.3) is 0 Å². The molecule has 0 aliphatic carbocycles. The lowest BCUT2D eigenvalue weighted by Gasteiger charge is -2.21. The van der Waals surface area contributed by atoms with Crippen molar-refractivity contribution in [1.82, 2.24) is 10.3 Å². The molecule has 2 N–H and O–H groups in total. The van der Waals surface area contributed by atoms with Gasteiger partial charge in [-0.15, -0.1) is 0 Å². The minimum absolute atomic E-state index is 0.926. The first kappa shape index (κ1) is 12.6. The fourth-order valence-corrected chi connectivity index (χ4v) is 2.89. The van der Waals surface area contributed by atoms with Crippen LogP contribution in [0.5, 0.6) is 0 Å². The molecular formula is C15H16BrN3. The number of benzene rings is 1. The van der Waals surface area contributed by atoms with Gasteiger partial charge in [0.25, 0.3) is 0 Å². The van der Waals surface area contributed by atoms with Gasteiger partial charge in [0.2, 0.25) is 0 Å². The van der Waals surface area contributed by atoms with Gasteiger partial charge in [0.05, 0.1) is 0 Å². The highest BCUT2D eigenvalue weighted by Gasteiger charge is 2.13. The Morgan fingerprint density at radius 3 is 3.11 bits per heavy atom. The molecule has 2 heterocycles. The number of pyridine rings is 1. The summed E-state index contributed by atoms with van der Waals surface area (Å²) in [6, 6.07) is 8.50. The second-order valence-electron chi connectivity index (χ2n) is 4.81. The highest BCUT2D eigenvalue weighted by molar-refractivity contribution is 9.10. The SMILES string of the molecule is Cc1cc(Br)cnc1Nc1cccc2c1CCNC2. The quantitative estimate of drug-likeness (QED) is 0.889. The van der Waals surface area contributed by atoms with Gasteiger partial charge in [0.1, 0.15) is 5.82 Å². The summed E-state index contributed by atoms with van der Waals surface area (Å²) >= 11 is 3.44. The second-order valence-corrected chi connectivity index (χ2v) is 5.73. The monoisotopic (exact) mass is 317 g/mol. The van der Waals surface area contributed by atoms with E-state index in [1.165, 1.54) is 16.8 Å². The van der Waals surface area contributed by atoms with E-state index >= 15 is 0 Å². The molecule has 0 saturated heterocycles. The normalized spacial score (nSPS) is 14.0. The molecule has 0 amide bonds. The van der Waals surface area contributed by atoms with Crippen molar-refractivity contribution in [1.29, 1.82) is 0 Å². The Hall–Kier alpha value is -1.39. The van der Waals surface area contributed by atoms with Crippen LogP contribution in [0.1, 0.15) is 16.7 Å². The molecule has 1 aromatic heterocycles. The van der Waals surface area contributed by atoms with Crippen molar-refractivity contribution in [2.24, 2.45) is 0 Å². The molecule has 19 heavy (non-hydrogen) atoms. The molecule has 1 aliphatic heterocycles. The summed E-state index contributed by atoms with van der Waals surface area (Å²) in [5, 5.41) is 6.87. The molecule has 0 bridgehead atoms. The summed E-state index contributed by atoms with van der Waals surface area (Å²) in [6.45, 7) is 4.06. The molecule has 2 aromatic rings. The summed E-state index contributed by atoms with van der Waals surface area (Å²) in [5.41, 5.74) is 5.11. The average Bonchev–Trinajstić information content (AvgIpc) is 2.42. The largest absolute Gasteiger partial charge is 0.340 e. The van der Waals surface area contributed by atoms with Gasteiger partial charge in [-0.05, 0) is 64.6 Å². The van der Waals surface area contributed by atoms with Gasteiger partial charge in [0, 0.05) is 22.9 Å². The first-order valence-corrected chi connectivity index (χ1v) is 7.24. The molecule has 0 radical (unpaired) electrons. The molecule has 0 atom stereocenters. The van der Waals surface area contributed by atoms with Crippen LogP contribution in [0.15, 0.2) is 34.9 Å². The van der Waals surface area contributed by atoms with Gasteiger partial charge in [-0.3, -0.25) is 0 Å². The lowest BCUT2D eigenvalue weighted by Crippen LogP contribution is -2.24. The van der Waals surface area contributed by atoms with E-state index in [4.69, 9.17) is 0 Å². The van der Waals surface area contributed by atoms with E-state index in [2.05, 4.69) is 62.7 Å². The number of nitrogens with one attached hydrogen (secondary N) is 2. The predicted molar refractivity (Wildman–Crippen MR) is 81.8 cm³/mol. The summed E-state index contributed by atoms with van der Waals surface area (Å²) in [4.78, 5) is 4.45. The highest BCUT2D eigenvalue weighted by Crippen LogP contribution is 2.27. The third-order valence-electron chi connectivity index (χ3n) is 3.44. The number of halogens is 1. The number of aryl methyl sites for hydroxylation is 1. The topological polar surface area (TPSA) is 37.0 Å². The number of nitrogens with zero attached hydrogens (tertiary/aromatic N) is 1. The Morgan fingerprint density at radius 1 is 1.37 bits per heavy atom. The molecule has 3 nitrogen and oxygen atoms in total. The van der Waals surface area contributed by atoms with Crippen LogP contribution < -0.4 is 10.6 Å². The van der Waals surface area contributed by atoms with E-state index < -0.39 is 0 Å². The second kappa shape index (κ2) is 5.31. The number of rotatable bonds is 2. The van der Waals surface area contributed by atoms with Gasteiger partial charge >= 0.3 is 0 Å². The Morgan fingerprint density at radius 2 is 2.26 bits per heavy atom. The van der Waals surface area contributed by atoms with E-state index in [1.807, 2.05) is 6.20 Å². The van der Waals surface area contributed by atoms with Crippen LogP contribution in [-0.2, 0) is 13.0 Å². The Bertz CT molecular complexity index is 610. The highest BCUT2D eigenvalue weighted by atomic mass is 79.9. The summed E-state index contributed by atoms with van der Waals surface area (Å²) in [5.74, 6) is 0.926. The first-order valence-electron chi connectivity index (χ1n) is 6.45. The van der Waals surface area contributed by atoms with Crippen molar-refractivity contribution in [3.8, 4) is 0 Å². The molecule has 0 saturated carbocycles. The Labute approximate surface area is 121 Å². The van der Waals surface area contributed by atoms with Gasteiger partial charge in [-0.1, -0.05) is 12.1 Å². The molecule has 3 rings (SSSR count). The zero-order valence-electron chi connectivity index (χ0n) is 10.8.